The predicted octanol–water partition coefficient (Wildman–Crippen LogP) is 0.676. The molecule has 2 fully saturated rings. The summed E-state index contributed by atoms with van der Waals surface area (Å²) in [5.74, 6) is 0.0705. The molecule has 4 heteroatoms. The molecule has 3 rings (SSSR count). The maximum Gasteiger partial charge on any atom is 0.244 e. The van der Waals surface area contributed by atoms with Gasteiger partial charge in [-0.05, 0) is 12.0 Å². The van der Waals surface area contributed by atoms with Gasteiger partial charge in [-0.1, -0.05) is 30.3 Å². The van der Waals surface area contributed by atoms with Crippen LogP contribution in [0.4, 0.5) is 0 Å². The van der Waals surface area contributed by atoms with Gasteiger partial charge in [-0.3, -0.25) is 9.59 Å². The first-order chi connectivity index (χ1) is 8.25. The summed E-state index contributed by atoms with van der Waals surface area (Å²) < 4.78 is 0. The third-order valence-corrected chi connectivity index (χ3v) is 3.47. The number of nitrogens with one attached hydrogen (secondary N) is 1. The largest absolute Gasteiger partial charge is 0.334 e. The quantitative estimate of drug-likeness (QED) is 0.812. The number of hydrogen-bond donors (Lipinski definition) is 1. The zero-order chi connectivity index (χ0) is 11.8. The van der Waals surface area contributed by atoms with Gasteiger partial charge in [-0.2, -0.15) is 0 Å². The Hall–Kier alpha value is -1.84. The molecular formula is C13H14N2O2. The standard InChI is InChI=1S/C13H14N2O2/c16-12-7-6-11-14-13(17)10(15(11)12)8-9-4-2-1-3-5-9/h1-5,10-11H,6-8H2,(H,14,17)/t10-,11-/m0/s1. The Bertz CT molecular complexity index is 458. The molecule has 0 radical (unpaired) electrons. The fourth-order valence-electron chi connectivity index (χ4n) is 2.65. The summed E-state index contributed by atoms with van der Waals surface area (Å²) in [4.78, 5) is 25.3. The molecule has 0 bridgehead atoms. The lowest BCUT2D eigenvalue weighted by atomic mass is 10.1. The van der Waals surface area contributed by atoms with Crippen LogP contribution < -0.4 is 5.32 Å². The molecule has 0 unspecified atom stereocenters. The van der Waals surface area contributed by atoms with Gasteiger partial charge in [0, 0.05) is 12.8 Å². The topological polar surface area (TPSA) is 49.4 Å². The van der Waals surface area contributed by atoms with Crippen LogP contribution in [0.15, 0.2) is 30.3 Å². The fourth-order valence-corrected chi connectivity index (χ4v) is 2.65. The fraction of sp³-hybridized carbons (Fsp3) is 0.385. The van der Waals surface area contributed by atoms with Gasteiger partial charge in [-0.15, -0.1) is 0 Å². The van der Waals surface area contributed by atoms with Crippen molar-refractivity contribution >= 4 is 11.8 Å². The van der Waals surface area contributed by atoms with Gasteiger partial charge in [-0.25, -0.2) is 0 Å². The van der Waals surface area contributed by atoms with E-state index >= 15 is 0 Å². The molecule has 1 aromatic rings. The smallest absolute Gasteiger partial charge is 0.244 e. The van der Waals surface area contributed by atoms with E-state index in [4.69, 9.17) is 0 Å². The van der Waals surface area contributed by atoms with E-state index in [9.17, 15) is 9.59 Å². The highest BCUT2D eigenvalue weighted by Crippen LogP contribution is 2.26. The summed E-state index contributed by atoms with van der Waals surface area (Å²) in [5, 5.41) is 2.88. The Kier molecular flexibility index (Phi) is 2.35. The molecule has 0 aromatic heterocycles. The van der Waals surface area contributed by atoms with E-state index in [1.165, 1.54) is 0 Å². The Morgan fingerprint density at radius 1 is 1.24 bits per heavy atom. The van der Waals surface area contributed by atoms with E-state index in [1.807, 2.05) is 30.3 Å². The van der Waals surface area contributed by atoms with Crippen LogP contribution in [0.2, 0.25) is 0 Å². The van der Waals surface area contributed by atoms with Gasteiger partial charge in [0.2, 0.25) is 11.8 Å². The van der Waals surface area contributed by atoms with Gasteiger partial charge in [0.25, 0.3) is 0 Å². The Morgan fingerprint density at radius 2 is 2.00 bits per heavy atom. The van der Waals surface area contributed by atoms with Gasteiger partial charge in [0.15, 0.2) is 0 Å². The number of carbonyl (C=O) groups is 2. The molecule has 88 valence electrons. The molecular weight excluding hydrogens is 216 g/mol. The predicted molar refractivity (Wildman–Crippen MR) is 61.9 cm³/mol. The second-order valence-corrected chi connectivity index (χ2v) is 4.57. The molecule has 2 aliphatic heterocycles. The van der Waals surface area contributed by atoms with E-state index in [-0.39, 0.29) is 24.0 Å². The van der Waals surface area contributed by atoms with Crippen molar-refractivity contribution in [3.63, 3.8) is 0 Å². The van der Waals surface area contributed by atoms with Crippen LogP contribution in [0, 0.1) is 0 Å². The number of benzene rings is 1. The minimum absolute atomic E-state index is 0.0214. The highest BCUT2D eigenvalue weighted by molar-refractivity contribution is 5.93. The summed E-state index contributed by atoms with van der Waals surface area (Å²) >= 11 is 0. The summed E-state index contributed by atoms with van der Waals surface area (Å²) in [6, 6.07) is 9.50. The molecule has 2 atom stereocenters. The lowest BCUT2D eigenvalue weighted by Gasteiger charge is -2.20. The summed E-state index contributed by atoms with van der Waals surface area (Å²) in [6.45, 7) is 0. The normalized spacial score (nSPS) is 27.2. The third kappa shape index (κ3) is 1.69. The molecule has 0 saturated carbocycles. The maximum absolute atomic E-state index is 11.8. The Labute approximate surface area is 99.6 Å². The van der Waals surface area contributed by atoms with Gasteiger partial charge in [0.1, 0.15) is 12.2 Å². The van der Waals surface area contributed by atoms with Gasteiger partial charge < -0.3 is 10.2 Å². The van der Waals surface area contributed by atoms with Crippen LogP contribution >= 0.6 is 0 Å². The number of nitrogens with zero attached hydrogens (tertiary/aromatic N) is 1. The number of carbonyl (C=O) groups excluding carboxylic acids is 2. The zero-order valence-corrected chi connectivity index (χ0v) is 9.43. The average molecular weight is 230 g/mol. The van der Waals surface area contributed by atoms with Crippen molar-refractivity contribution in [3.05, 3.63) is 35.9 Å². The molecule has 2 heterocycles. The van der Waals surface area contributed by atoms with E-state index in [0.717, 1.165) is 12.0 Å². The minimum atomic E-state index is -0.322. The number of fused-ring (bicyclic) bond motifs is 1. The van der Waals surface area contributed by atoms with Crippen molar-refractivity contribution in [2.75, 3.05) is 0 Å². The Morgan fingerprint density at radius 3 is 2.76 bits per heavy atom. The second kappa shape index (κ2) is 3.87. The summed E-state index contributed by atoms with van der Waals surface area (Å²) in [6.07, 6.45) is 1.84. The Balaban J connectivity index is 1.82. The lowest BCUT2D eigenvalue weighted by molar-refractivity contribution is -0.133. The molecule has 1 aromatic carbocycles. The monoisotopic (exact) mass is 230 g/mol. The van der Waals surface area contributed by atoms with E-state index in [1.54, 1.807) is 4.90 Å². The number of amides is 2. The van der Waals surface area contributed by atoms with E-state index in [2.05, 4.69) is 5.32 Å². The molecule has 2 saturated heterocycles. The van der Waals surface area contributed by atoms with Gasteiger partial charge >= 0.3 is 0 Å². The molecule has 2 aliphatic rings. The van der Waals surface area contributed by atoms with Gasteiger partial charge in [0.05, 0.1) is 0 Å². The van der Waals surface area contributed by atoms with Crippen molar-refractivity contribution in [3.8, 4) is 0 Å². The van der Waals surface area contributed by atoms with Crippen LogP contribution in [0.1, 0.15) is 18.4 Å². The van der Waals surface area contributed by atoms with Crippen molar-refractivity contribution < 1.29 is 9.59 Å². The van der Waals surface area contributed by atoms with Crippen molar-refractivity contribution in [2.45, 2.75) is 31.5 Å². The van der Waals surface area contributed by atoms with E-state index < -0.39 is 0 Å². The maximum atomic E-state index is 11.8. The number of hydrogen-bond acceptors (Lipinski definition) is 2. The highest BCUT2D eigenvalue weighted by Gasteiger charge is 2.45. The molecule has 2 amide bonds. The van der Waals surface area contributed by atoms with Crippen LogP contribution in [-0.2, 0) is 16.0 Å². The van der Waals surface area contributed by atoms with Crippen molar-refractivity contribution in [1.82, 2.24) is 10.2 Å². The van der Waals surface area contributed by atoms with Crippen molar-refractivity contribution in [1.29, 1.82) is 0 Å². The zero-order valence-electron chi connectivity index (χ0n) is 9.43. The average Bonchev–Trinajstić information content (AvgIpc) is 2.83. The first-order valence-corrected chi connectivity index (χ1v) is 5.91. The molecule has 0 aliphatic carbocycles. The van der Waals surface area contributed by atoms with Crippen LogP contribution in [0.5, 0.6) is 0 Å². The number of rotatable bonds is 2. The molecule has 0 spiro atoms. The summed E-state index contributed by atoms with van der Waals surface area (Å²) in [7, 11) is 0. The van der Waals surface area contributed by atoms with Crippen LogP contribution in [-0.4, -0.2) is 28.9 Å². The van der Waals surface area contributed by atoms with Crippen LogP contribution in [0.25, 0.3) is 0 Å². The van der Waals surface area contributed by atoms with Crippen LogP contribution in [0.3, 0.4) is 0 Å². The molecule has 1 N–H and O–H groups in total. The van der Waals surface area contributed by atoms with Crippen molar-refractivity contribution in [2.24, 2.45) is 0 Å². The van der Waals surface area contributed by atoms with E-state index in [0.29, 0.717) is 12.8 Å². The molecule has 17 heavy (non-hydrogen) atoms. The third-order valence-electron chi connectivity index (χ3n) is 3.47. The first-order valence-electron chi connectivity index (χ1n) is 5.91. The second-order valence-electron chi connectivity index (χ2n) is 4.57. The lowest BCUT2D eigenvalue weighted by Crippen LogP contribution is -2.38. The molecule has 4 nitrogen and oxygen atoms in total. The summed E-state index contributed by atoms with van der Waals surface area (Å²) in [5.41, 5.74) is 1.09. The highest BCUT2D eigenvalue weighted by atomic mass is 16.2. The first kappa shape index (κ1) is 10.3. The minimum Gasteiger partial charge on any atom is -0.334 e. The SMILES string of the molecule is O=C1N[C@@H]2CCC(=O)N2[C@H]1Cc1ccccc1.